The van der Waals surface area contributed by atoms with Gasteiger partial charge in [-0.15, -0.1) is 0 Å². The van der Waals surface area contributed by atoms with Gasteiger partial charge in [-0.3, -0.25) is 19.3 Å². The molecule has 2 atom stereocenters. The van der Waals surface area contributed by atoms with Crippen molar-refractivity contribution in [3.05, 3.63) is 64.9 Å². The molecule has 2 N–H and O–H groups in total. The van der Waals surface area contributed by atoms with Crippen LogP contribution in [0.3, 0.4) is 0 Å². The summed E-state index contributed by atoms with van der Waals surface area (Å²) in [5.74, 6) is -5.18. The number of nitrogens with zero attached hydrogens (tertiary/aromatic N) is 1. The zero-order valence-electron chi connectivity index (χ0n) is 17.4. The van der Waals surface area contributed by atoms with E-state index >= 15 is 0 Å². The molecule has 0 radical (unpaired) electrons. The number of carbonyl (C=O) groups excluding carboxylic acids is 3. The van der Waals surface area contributed by atoms with Gasteiger partial charge >= 0.3 is 0 Å². The van der Waals surface area contributed by atoms with Crippen LogP contribution < -0.4 is 15.5 Å². The summed E-state index contributed by atoms with van der Waals surface area (Å²) >= 11 is 6.36. The van der Waals surface area contributed by atoms with Crippen molar-refractivity contribution >= 4 is 35.0 Å². The smallest absolute Gasteiger partial charge is 0.252 e. The fourth-order valence-corrected chi connectivity index (χ4v) is 4.37. The maximum atomic E-state index is 14.1. The number of anilines is 1. The molecule has 0 bridgehead atoms. The lowest BCUT2D eigenvalue weighted by Crippen LogP contribution is -2.55. The molecule has 1 saturated carbocycles. The molecule has 174 valence electrons. The number of rotatable bonds is 6. The third-order valence-electron chi connectivity index (χ3n) is 5.76. The van der Waals surface area contributed by atoms with Crippen LogP contribution in [0.1, 0.15) is 37.3 Å². The van der Waals surface area contributed by atoms with E-state index < -0.39 is 54.5 Å². The van der Waals surface area contributed by atoms with Crippen molar-refractivity contribution in [1.82, 2.24) is 10.6 Å². The fraction of sp³-hybridized carbons (Fsp3) is 0.348. The lowest BCUT2D eigenvalue weighted by atomic mass is 9.87. The first-order valence-electron chi connectivity index (χ1n) is 10.5. The Morgan fingerprint density at radius 2 is 1.88 bits per heavy atom. The highest BCUT2D eigenvalue weighted by Crippen LogP contribution is 2.39. The van der Waals surface area contributed by atoms with Crippen LogP contribution in [0.15, 0.2) is 48.5 Å². The summed E-state index contributed by atoms with van der Waals surface area (Å²) in [7, 11) is 0. The van der Waals surface area contributed by atoms with Crippen LogP contribution in [0, 0.1) is 5.82 Å². The first-order valence-corrected chi connectivity index (χ1v) is 10.8. The summed E-state index contributed by atoms with van der Waals surface area (Å²) in [6, 6.07) is 8.35. The molecule has 0 spiro atoms. The van der Waals surface area contributed by atoms with Crippen molar-refractivity contribution in [1.29, 1.82) is 0 Å². The predicted molar refractivity (Wildman–Crippen MR) is 115 cm³/mol. The first kappa shape index (κ1) is 23.1. The predicted octanol–water partition coefficient (Wildman–Crippen LogP) is 3.75. The van der Waals surface area contributed by atoms with E-state index in [-0.39, 0.29) is 35.0 Å². The Bertz CT molecular complexity index is 1090. The highest BCUT2D eigenvalue weighted by Gasteiger charge is 2.47. The molecule has 10 heteroatoms. The van der Waals surface area contributed by atoms with Crippen LogP contribution in [-0.4, -0.2) is 35.7 Å². The lowest BCUT2D eigenvalue weighted by Gasteiger charge is -2.38. The van der Waals surface area contributed by atoms with E-state index in [4.69, 9.17) is 11.6 Å². The number of amides is 3. The third-order valence-corrected chi connectivity index (χ3v) is 6.10. The minimum Gasteiger partial charge on any atom is -0.351 e. The van der Waals surface area contributed by atoms with Gasteiger partial charge in [-0.2, -0.15) is 0 Å². The molecular weight excluding hydrogens is 459 g/mol. The van der Waals surface area contributed by atoms with E-state index in [1.807, 2.05) is 0 Å². The molecule has 0 aromatic heterocycles. The number of hydrogen-bond acceptors (Lipinski definition) is 3. The number of hydrogen-bond donors (Lipinski definition) is 2. The van der Waals surface area contributed by atoms with Crippen LogP contribution in [-0.2, 0) is 14.4 Å². The van der Waals surface area contributed by atoms with Gasteiger partial charge in [0.2, 0.25) is 11.8 Å². The van der Waals surface area contributed by atoms with Crippen molar-refractivity contribution in [2.24, 2.45) is 0 Å². The minimum atomic E-state index is -2.86. The molecule has 2 aromatic carbocycles. The summed E-state index contributed by atoms with van der Waals surface area (Å²) in [6.45, 7) is 0. The van der Waals surface area contributed by atoms with Crippen molar-refractivity contribution in [3.8, 4) is 0 Å². The molecule has 2 aromatic rings. The number of benzene rings is 2. The molecule has 3 amide bonds. The van der Waals surface area contributed by atoms with Crippen LogP contribution in [0.4, 0.5) is 18.9 Å². The van der Waals surface area contributed by atoms with E-state index in [0.717, 1.165) is 11.0 Å². The monoisotopic (exact) mass is 479 g/mol. The highest BCUT2D eigenvalue weighted by molar-refractivity contribution is 6.31. The molecule has 33 heavy (non-hydrogen) atoms. The zero-order chi connectivity index (χ0) is 23.8. The van der Waals surface area contributed by atoms with Crippen molar-refractivity contribution < 1.29 is 27.6 Å². The zero-order valence-corrected chi connectivity index (χ0v) is 18.1. The van der Waals surface area contributed by atoms with E-state index in [1.165, 1.54) is 30.3 Å². The van der Waals surface area contributed by atoms with E-state index in [2.05, 4.69) is 10.6 Å². The van der Waals surface area contributed by atoms with Gasteiger partial charge in [0, 0.05) is 41.6 Å². The Hall–Kier alpha value is -3.07. The van der Waals surface area contributed by atoms with Crippen LogP contribution in [0.2, 0.25) is 5.02 Å². The summed E-state index contributed by atoms with van der Waals surface area (Å²) in [5.41, 5.74) is 0.310. The van der Waals surface area contributed by atoms with Crippen LogP contribution >= 0.6 is 11.6 Å². The van der Waals surface area contributed by atoms with Crippen LogP contribution in [0.25, 0.3) is 0 Å². The number of halogens is 4. The standard InChI is InChI=1S/C23H21ClF3N3O3/c24-17-7-2-1-6-16(17)20(21(32)28-14-11-23(26,27)12-14)30(15-5-3-4-13(25)10-15)22(33)18-8-9-19(31)29-18/h1-7,10,14,18,20H,8-9,11-12H2,(H,28,32)(H,29,31). The van der Waals surface area contributed by atoms with Gasteiger partial charge in [0.25, 0.3) is 11.8 Å². The fourth-order valence-electron chi connectivity index (χ4n) is 4.13. The van der Waals surface area contributed by atoms with Crippen molar-refractivity contribution in [2.75, 3.05) is 4.90 Å². The van der Waals surface area contributed by atoms with Gasteiger partial charge in [0.15, 0.2) is 0 Å². The van der Waals surface area contributed by atoms with Crippen molar-refractivity contribution in [3.63, 3.8) is 0 Å². The molecule has 1 saturated heterocycles. The summed E-state index contributed by atoms with van der Waals surface area (Å²) in [5, 5.41) is 5.30. The quantitative estimate of drug-likeness (QED) is 0.662. The molecular formula is C23H21ClF3N3O3. The molecule has 1 aliphatic carbocycles. The molecule has 1 heterocycles. The topological polar surface area (TPSA) is 78.5 Å². The highest BCUT2D eigenvalue weighted by atomic mass is 35.5. The van der Waals surface area contributed by atoms with Gasteiger partial charge in [-0.25, -0.2) is 13.2 Å². The van der Waals surface area contributed by atoms with Gasteiger partial charge in [-0.1, -0.05) is 35.9 Å². The largest absolute Gasteiger partial charge is 0.351 e. The Kier molecular flexibility index (Phi) is 6.34. The summed E-state index contributed by atoms with van der Waals surface area (Å²) in [6.07, 6.45) is -0.691. The summed E-state index contributed by atoms with van der Waals surface area (Å²) < 4.78 is 40.8. The van der Waals surface area contributed by atoms with Crippen molar-refractivity contribution in [2.45, 2.75) is 49.7 Å². The second-order valence-corrected chi connectivity index (χ2v) is 8.65. The molecule has 2 aliphatic rings. The molecule has 1 aliphatic heterocycles. The van der Waals surface area contributed by atoms with Gasteiger partial charge in [-0.05, 0) is 30.7 Å². The van der Waals surface area contributed by atoms with Gasteiger partial charge in [0.05, 0.1) is 0 Å². The first-order chi connectivity index (χ1) is 15.6. The number of nitrogens with one attached hydrogen (secondary N) is 2. The maximum Gasteiger partial charge on any atom is 0.252 e. The van der Waals surface area contributed by atoms with Gasteiger partial charge < -0.3 is 10.6 Å². The Labute approximate surface area is 193 Å². The molecule has 2 unspecified atom stereocenters. The number of carbonyl (C=O) groups is 3. The summed E-state index contributed by atoms with van der Waals surface area (Å²) in [4.78, 5) is 39.8. The Morgan fingerprint density at radius 3 is 2.48 bits per heavy atom. The van der Waals surface area contributed by atoms with Gasteiger partial charge in [0.1, 0.15) is 17.9 Å². The van der Waals surface area contributed by atoms with E-state index in [1.54, 1.807) is 12.1 Å². The lowest BCUT2D eigenvalue weighted by molar-refractivity contribution is -0.133. The minimum absolute atomic E-state index is 0.0696. The third kappa shape index (κ3) is 4.98. The molecule has 6 nitrogen and oxygen atoms in total. The Morgan fingerprint density at radius 1 is 1.15 bits per heavy atom. The van der Waals surface area contributed by atoms with E-state index in [0.29, 0.717) is 0 Å². The second kappa shape index (κ2) is 9.05. The van der Waals surface area contributed by atoms with Crippen LogP contribution in [0.5, 0.6) is 0 Å². The van der Waals surface area contributed by atoms with E-state index in [9.17, 15) is 27.6 Å². The molecule has 4 rings (SSSR count). The SMILES string of the molecule is O=C1CCC(C(=O)N(c2cccc(F)c2)C(C(=O)NC2CC(F)(F)C2)c2ccccc2Cl)N1. The second-order valence-electron chi connectivity index (χ2n) is 8.24. The molecule has 2 fully saturated rings. The normalized spacial score (nSPS) is 20.5. The average molecular weight is 480 g/mol. The maximum absolute atomic E-state index is 14.1. The Balaban J connectivity index is 1.77. The number of alkyl halides is 2. The average Bonchev–Trinajstić information content (AvgIpc) is 3.17.